The molecule has 0 bridgehead atoms. The molecule has 1 aliphatic heterocycles. The summed E-state index contributed by atoms with van der Waals surface area (Å²) in [5.74, 6) is 0.906. The zero-order chi connectivity index (χ0) is 18.5. The molecule has 0 aliphatic carbocycles. The molecular formula is C18H15N5O4. The van der Waals surface area contributed by atoms with E-state index in [9.17, 15) is 4.79 Å². The molecule has 0 radical (unpaired) electrons. The van der Waals surface area contributed by atoms with E-state index in [0.29, 0.717) is 11.5 Å². The molecule has 9 heteroatoms. The lowest BCUT2D eigenvalue weighted by Crippen LogP contribution is -2.24. The summed E-state index contributed by atoms with van der Waals surface area (Å²) in [4.78, 5) is 15.8. The molecule has 0 unspecified atom stereocenters. The van der Waals surface area contributed by atoms with Crippen molar-refractivity contribution in [3.8, 4) is 23.2 Å². The summed E-state index contributed by atoms with van der Waals surface area (Å²) in [7, 11) is 0. The summed E-state index contributed by atoms with van der Waals surface area (Å²) in [6, 6.07) is 14.9. The topological polar surface area (TPSA) is 99.9 Å². The second-order valence-corrected chi connectivity index (χ2v) is 5.50. The molecule has 27 heavy (non-hydrogen) atoms. The lowest BCUT2D eigenvalue weighted by molar-refractivity contribution is -0.123. The Bertz CT molecular complexity index is 971. The van der Waals surface area contributed by atoms with Gasteiger partial charge >= 0.3 is 6.01 Å². The zero-order valence-corrected chi connectivity index (χ0v) is 14.1. The minimum absolute atomic E-state index is 0.105. The third kappa shape index (κ3) is 4.03. The number of hydrazone groups is 1. The van der Waals surface area contributed by atoms with Crippen LogP contribution in [0.4, 0.5) is 0 Å². The summed E-state index contributed by atoms with van der Waals surface area (Å²) in [6.07, 6.45) is 3.02. The first-order valence-electron chi connectivity index (χ1n) is 8.09. The van der Waals surface area contributed by atoms with Gasteiger partial charge in [-0.05, 0) is 35.9 Å². The monoisotopic (exact) mass is 365 g/mol. The van der Waals surface area contributed by atoms with Crippen LogP contribution in [0.3, 0.4) is 0 Å². The molecule has 1 amide bonds. The first kappa shape index (κ1) is 16.6. The van der Waals surface area contributed by atoms with E-state index in [1.54, 1.807) is 22.9 Å². The van der Waals surface area contributed by atoms with E-state index in [-0.39, 0.29) is 19.4 Å². The van der Waals surface area contributed by atoms with Crippen LogP contribution in [-0.2, 0) is 4.79 Å². The highest BCUT2D eigenvalue weighted by molar-refractivity contribution is 5.83. The van der Waals surface area contributed by atoms with Crippen LogP contribution in [0.25, 0.3) is 5.69 Å². The van der Waals surface area contributed by atoms with Crippen molar-refractivity contribution in [2.24, 2.45) is 5.10 Å². The lowest BCUT2D eigenvalue weighted by Gasteiger charge is -2.01. The van der Waals surface area contributed by atoms with Crippen LogP contribution in [0.5, 0.6) is 17.5 Å². The number of hydrogen-bond donors (Lipinski definition) is 1. The third-order valence-electron chi connectivity index (χ3n) is 3.62. The Hall–Kier alpha value is -3.88. The smallest absolute Gasteiger partial charge is 0.336 e. The van der Waals surface area contributed by atoms with Gasteiger partial charge in [-0.15, -0.1) is 5.10 Å². The first-order valence-corrected chi connectivity index (χ1v) is 8.09. The van der Waals surface area contributed by atoms with Gasteiger partial charge in [0.2, 0.25) is 6.79 Å². The average molecular weight is 365 g/mol. The fraction of sp³-hybridized carbons (Fsp3) is 0.111. The van der Waals surface area contributed by atoms with Crippen molar-refractivity contribution in [2.75, 3.05) is 13.4 Å². The third-order valence-corrected chi connectivity index (χ3v) is 3.62. The highest BCUT2D eigenvalue weighted by Gasteiger charge is 2.12. The molecule has 2 heterocycles. The number of amides is 1. The van der Waals surface area contributed by atoms with E-state index in [0.717, 1.165) is 11.3 Å². The second-order valence-electron chi connectivity index (χ2n) is 5.50. The Morgan fingerprint density at radius 2 is 2.07 bits per heavy atom. The Morgan fingerprint density at radius 3 is 2.96 bits per heavy atom. The SMILES string of the molecule is O=C(COc1ncn(-c2ccccc2)n1)N/N=C/c1ccc2c(c1)OCO2. The lowest BCUT2D eigenvalue weighted by atomic mass is 10.2. The summed E-state index contributed by atoms with van der Waals surface area (Å²) in [5.41, 5.74) is 3.99. The summed E-state index contributed by atoms with van der Waals surface area (Å²) in [5, 5.41) is 8.04. The number of rotatable bonds is 6. The van der Waals surface area contributed by atoms with Crippen LogP contribution >= 0.6 is 0 Å². The number of benzene rings is 2. The Kier molecular flexibility index (Phi) is 4.64. The fourth-order valence-electron chi connectivity index (χ4n) is 2.35. The van der Waals surface area contributed by atoms with Crippen LogP contribution in [-0.4, -0.2) is 40.3 Å². The van der Waals surface area contributed by atoms with Crippen molar-refractivity contribution < 1.29 is 19.0 Å². The first-order chi connectivity index (χ1) is 13.3. The number of ether oxygens (including phenoxy) is 3. The van der Waals surface area contributed by atoms with E-state index >= 15 is 0 Å². The Morgan fingerprint density at radius 1 is 1.22 bits per heavy atom. The highest BCUT2D eigenvalue weighted by atomic mass is 16.7. The largest absolute Gasteiger partial charge is 0.454 e. The molecule has 0 saturated carbocycles. The van der Waals surface area contributed by atoms with Gasteiger partial charge in [0, 0.05) is 0 Å². The van der Waals surface area contributed by atoms with Gasteiger partial charge in [-0.2, -0.15) is 10.1 Å². The van der Waals surface area contributed by atoms with Crippen LogP contribution in [0.15, 0.2) is 60.0 Å². The molecule has 4 rings (SSSR count). The number of fused-ring (bicyclic) bond motifs is 1. The van der Waals surface area contributed by atoms with Gasteiger partial charge in [0.25, 0.3) is 5.91 Å². The molecule has 1 aliphatic rings. The average Bonchev–Trinajstić information content (AvgIpc) is 3.36. The van der Waals surface area contributed by atoms with E-state index in [1.165, 1.54) is 12.5 Å². The number of nitrogens with zero attached hydrogens (tertiary/aromatic N) is 4. The molecule has 1 aromatic heterocycles. The molecule has 9 nitrogen and oxygen atoms in total. The van der Waals surface area contributed by atoms with Crippen molar-refractivity contribution in [3.05, 3.63) is 60.4 Å². The van der Waals surface area contributed by atoms with E-state index < -0.39 is 5.91 Å². The maximum atomic E-state index is 11.8. The van der Waals surface area contributed by atoms with Gasteiger partial charge in [-0.3, -0.25) is 4.79 Å². The second kappa shape index (κ2) is 7.56. The molecule has 0 spiro atoms. The highest BCUT2D eigenvalue weighted by Crippen LogP contribution is 2.31. The van der Waals surface area contributed by atoms with Gasteiger partial charge in [0.1, 0.15) is 6.33 Å². The minimum Gasteiger partial charge on any atom is -0.454 e. The predicted octanol–water partition coefficient (Wildman–Crippen LogP) is 1.53. The van der Waals surface area contributed by atoms with Gasteiger partial charge in [-0.25, -0.2) is 10.1 Å². The van der Waals surface area contributed by atoms with Crippen LogP contribution in [0, 0.1) is 0 Å². The zero-order valence-electron chi connectivity index (χ0n) is 14.1. The molecule has 0 atom stereocenters. The Labute approximate surface area is 154 Å². The van der Waals surface area contributed by atoms with Gasteiger partial charge in [0.05, 0.1) is 11.9 Å². The Balaban J connectivity index is 1.27. The van der Waals surface area contributed by atoms with Crippen molar-refractivity contribution in [2.45, 2.75) is 0 Å². The van der Waals surface area contributed by atoms with Crippen LogP contribution in [0.1, 0.15) is 5.56 Å². The van der Waals surface area contributed by atoms with Crippen LogP contribution in [0.2, 0.25) is 0 Å². The quantitative estimate of drug-likeness (QED) is 0.525. The number of nitrogens with one attached hydrogen (secondary N) is 1. The fourth-order valence-corrected chi connectivity index (χ4v) is 2.35. The van der Waals surface area contributed by atoms with Gasteiger partial charge in [0.15, 0.2) is 18.1 Å². The van der Waals surface area contributed by atoms with E-state index in [4.69, 9.17) is 14.2 Å². The molecule has 3 aromatic rings. The van der Waals surface area contributed by atoms with Crippen LogP contribution < -0.4 is 19.6 Å². The van der Waals surface area contributed by atoms with Crippen molar-refractivity contribution in [1.29, 1.82) is 0 Å². The van der Waals surface area contributed by atoms with Crippen molar-refractivity contribution in [1.82, 2.24) is 20.2 Å². The van der Waals surface area contributed by atoms with Gasteiger partial charge < -0.3 is 14.2 Å². The maximum absolute atomic E-state index is 11.8. The molecular weight excluding hydrogens is 350 g/mol. The van der Waals surface area contributed by atoms with Gasteiger partial charge in [-0.1, -0.05) is 18.2 Å². The predicted molar refractivity (Wildman–Crippen MR) is 95.2 cm³/mol. The summed E-state index contributed by atoms with van der Waals surface area (Å²) >= 11 is 0. The number of hydrogen-bond acceptors (Lipinski definition) is 7. The maximum Gasteiger partial charge on any atom is 0.336 e. The summed E-state index contributed by atoms with van der Waals surface area (Å²) in [6.45, 7) is -0.0463. The minimum atomic E-state index is -0.428. The number of carbonyl (C=O) groups excluding carboxylic acids is 1. The van der Waals surface area contributed by atoms with Crippen molar-refractivity contribution >= 4 is 12.1 Å². The normalized spacial score (nSPS) is 12.3. The number of aromatic nitrogens is 3. The standard InChI is InChI=1S/C18H15N5O4/c24-17(21-20-9-13-6-7-15-16(8-13)27-12-26-15)10-25-18-19-11-23(22-18)14-4-2-1-3-5-14/h1-9,11H,10,12H2,(H,21,24)/b20-9+. The van der Waals surface area contributed by atoms with Crippen molar-refractivity contribution in [3.63, 3.8) is 0 Å². The van der Waals surface area contributed by atoms with E-state index in [1.807, 2.05) is 30.3 Å². The summed E-state index contributed by atoms with van der Waals surface area (Å²) < 4.78 is 17.3. The number of carbonyl (C=O) groups is 1. The molecule has 0 saturated heterocycles. The molecule has 2 aromatic carbocycles. The molecule has 1 N–H and O–H groups in total. The molecule has 136 valence electrons. The number of para-hydroxylation sites is 1. The van der Waals surface area contributed by atoms with E-state index in [2.05, 4.69) is 20.6 Å². The molecule has 0 fully saturated rings.